The molecule has 0 radical (unpaired) electrons. The number of aromatic nitrogens is 1. The van der Waals surface area contributed by atoms with Crippen LogP contribution in [0.4, 0.5) is 9.18 Å². The maximum Gasteiger partial charge on any atom is 0.315 e. The molecular formula is C18H14ClFN4O2S. The first-order valence-corrected chi connectivity index (χ1v) is 9.36. The van der Waals surface area contributed by atoms with Gasteiger partial charge in [-0.3, -0.25) is 4.79 Å². The summed E-state index contributed by atoms with van der Waals surface area (Å²) in [6, 6.07) is 10.2. The van der Waals surface area contributed by atoms with Gasteiger partial charge in [0.1, 0.15) is 22.9 Å². The summed E-state index contributed by atoms with van der Waals surface area (Å²) in [5.74, 6) is -0.903. The number of hydrogen-bond donors (Lipinski definition) is 3. The van der Waals surface area contributed by atoms with E-state index in [9.17, 15) is 14.0 Å². The summed E-state index contributed by atoms with van der Waals surface area (Å²) in [5.41, 5.74) is 1.41. The predicted octanol–water partition coefficient (Wildman–Crippen LogP) is 2.98. The van der Waals surface area contributed by atoms with Crippen molar-refractivity contribution in [3.05, 3.63) is 63.9 Å². The Labute approximate surface area is 162 Å². The molecule has 9 heteroatoms. The number of hydrogen-bond acceptors (Lipinski definition) is 4. The normalized spacial score (nSPS) is 17.4. The molecule has 1 unspecified atom stereocenters. The second-order valence-electron chi connectivity index (χ2n) is 6.04. The van der Waals surface area contributed by atoms with Crippen molar-refractivity contribution in [3.8, 4) is 0 Å². The summed E-state index contributed by atoms with van der Waals surface area (Å²) < 4.78 is 14.6. The Kier molecular flexibility index (Phi) is 4.67. The number of thiazole rings is 1. The lowest BCUT2D eigenvalue weighted by Crippen LogP contribution is -2.44. The molecule has 3 amide bonds. The number of benzene rings is 2. The first-order chi connectivity index (χ1) is 13.0. The van der Waals surface area contributed by atoms with Crippen LogP contribution < -0.4 is 16.0 Å². The topological polar surface area (TPSA) is 83.1 Å². The second kappa shape index (κ2) is 7.13. The molecule has 1 saturated heterocycles. The van der Waals surface area contributed by atoms with Crippen molar-refractivity contribution in [3.63, 3.8) is 0 Å². The molecule has 1 aromatic heterocycles. The van der Waals surface area contributed by atoms with Crippen LogP contribution in [0.1, 0.15) is 16.6 Å². The number of fused-ring (bicyclic) bond motifs is 1. The SMILES string of the molecule is O=C1NC[C@@H](C(=O)NC(c2ccc(F)c(Cl)c2)c2nc3ccccc3s2)N1. The molecule has 0 bridgehead atoms. The van der Waals surface area contributed by atoms with Crippen molar-refractivity contribution in [1.82, 2.24) is 20.9 Å². The van der Waals surface area contributed by atoms with Crippen LogP contribution in [-0.4, -0.2) is 29.5 Å². The van der Waals surface area contributed by atoms with Gasteiger partial charge in [0.05, 0.1) is 15.2 Å². The highest BCUT2D eigenvalue weighted by atomic mass is 35.5. The Balaban J connectivity index is 1.71. The van der Waals surface area contributed by atoms with Gasteiger partial charge >= 0.3 is 6.03 Å². The molecule has 1 fully saturated rings. The fourth-order valence-corrected chi connectivity index (χ4v) is 4.09. The van der Waals surface area contributed by atoms with E-state index in [0.29, 0.717) is 10.6 Å². The van der Waals surface area contributed by atoms with Crippen LogP contribution in [0.2, 0.25) is 5.02 Å². The van der Waals surface area contributed by atoms with Gasteiger partial charge in [-0.05, 0) is 29.8 Å². The fraction of sp³-hybridized carbons (Fsp3) is 0.167. The van der Waals surface area contributed by atoms with E-state index in [4.69, 9.17) is 11.6 Å². The Morgan fingerprint density at radius 2 is 2.15 bits per heavy atom. The summed E-state index contributed by atoms with van der Waals surface area (Å²) in [4.78, 5) is 28.5. The van der Waals surface area contributed by atoms with E-state index in [1.165, 1.54) is 23.5 Å². The van der Waals surface area contributed by atoms with Gasteiger partial charge in [-0.1, -0.05) is 29.8 Å². The Bertz CT molecular complexity index is 1010. The second-order valence-corrected chi connectivity index (χ2v) is 7.51. The minimum absolute atomic E-state index is 0.0382. The number of amides is 3. The number of nitrogens with one attached hydrogen (secondary N) is 3. The molecule has 2 aromatic carbocycles. The largest absolute Gasteiger partial charge is 0.341 e. The van der Waals surface area contributed by atoms with E-state index in [1.807, 2.05) is 24.3 Å². The van der Waals surface area contributed by atoms with Gasteiger partial charge < -0.3 is 16.0 Å². The molecular weight excluding hydrogens is 391 g/mol. The third-order valence-corrected chi connectivity index (χ3v) is 5.60. The van der Waals surface area contributed by atoms with Crippen LogP contribution in [0.15, 0.2) is 42.5 Å². The van der Waals surface area contributed by atoms with E-state index in [0.717, 1.165) is 10.2 Å². The highest BCUT2D eigenvalue weighted by Crippen LogP contribution is 2.32. The maximum absolute atomic E-state index is 13.6. The number of halogens is 2. The third-order valence-electron chi connectivity index (χ3n) is 4.21. The van der Waals surface area contributed by atoms with Gasteiger partial charge in [-0.2, -0.15) is 0 Å². The standard InChI is InChI=1S/C18H14ClFN4O2S/c19-10-7-9(5-6-11(10)20)15(24-16(25)13-8-21-18(26)23-13)17-22-12-3-1-2-4-14(12)27-17/h1-7,13,15H,8H2,(H,24,25)(H2,21,23,26)/t13-,15?/m0/s1. The summed E-state index contributed by atoms with van der Waals surface area (Å²) in [7, 11) is 0. The Hall–Kier alpha value is -2.71. The Morgan fingerprint density at radius 1 is 1.33 bits per heavy atom. The predicted molar refractivity (Wildman–Crippen MR) is 101 cm³/mol. The van der Waals surface area contributed by atoms with Crippen molar-refractivity contribution in [2.75, 3.05) is 6.54 Å². The van der Waals surface area contributed by atoms with Crippen LogP contribution in [0.3, 0.4) is 0 Å². The zero-order chi connectivity index (χ0) is 19.0. The molecule has 27 heavy (non-hydrogen) atoms. The molecule has 2 heterocycles. The maximum atomic E-state index is 13.6. The van der Waals surface area contributed by atoms with Crippen LogP contribution in [-0.2, 0) is 4.79 Å². The molecule has 1 aliphatic heterocycles. The van der Waals surface area contributed by atoms with Crippen LogP contribution in [0.5, 0.6) is 0 Å². The highest BCUT2D eigenvalue weighted by molar-refractivity contribution is 7.18. The molecule has 138 valence electrons. The van der Waals surface area contributed by atoms with E-state index < -0.39 is 23.9 Å². The molecule has 0 saturated carbocycles. The zero-order valence-electron chi connectivity index (χ0n) is 13.8. The number of para-hydroxylation sites is 1. The number of urea groups is 1. The van der Waals surface area contributed by atoms with Crippen molar-refractivity contribution >= 4 is 45.1 Å². The van der Waals surface area contributed by atoms with Gasteiger partial charge in [0, 0.05) is 6.54 Å². The van der Waals surface area contributed by atoms with E-state index >= 15 is 0 Å². The first kappa shape index (κ1) is 17.7. The van der Waals surface area contributed by atoms with Crippen LogP contribution >= 0.6 is 22.9 Å². The van der Waals surface area contributed by atoms with E-state index in [1.54, 1.807) is 6.07 Å². The molecule has 4 rings (SSSR count). The quantitative estimate of drug-likeness (QED) is 0.625. The highest BCUT2D eigenvalue weighted by Gasteiger charge is 2.30. The molecule has 2 atom stereocenters. The monoisotopic (exact) mass is 404 g/mol. The third kappa shape index (κ3) is 3.58. The van der Waals surface area contributed by atoms with Gasteiger partial charge in [0.25, 0.3) is 0 Å². The number of rotatable bonds is 4. The number of nitrogens with zero attached hydrogens (tertiary/aromatic N) is 1. The van der Waals surface area contributed by atoms with Gasteiger partial charge in [-0.25, -0.2) is 14.2 Å². The first-order valence-electron chi connectivity index (χ1n) is 8.16. The zero-order valence-corrected chi connectivity index (χ0v) is 15.4. The lowest BCUT2D eigenvalue weighted by molar-refractivity contribution is -0.122. The molecule has 3 N–H and O–H groups in total. The molecule has 3 aromatic rings. The lowest BCUT2D eigenvalue weighted by atomic mass is 10.1. The lowest BCUT2D eigenvalue weighted by Gasteiger charge is -2.19. The minimum atomic E-state index is -0.690. The average molecular weight is 405 g/mol. The number of carbonyl (C=O) groups excluding carboxylic acids is 2. The van der Waals surface area contributed by atoms with Gasteiger partial charge in [0.15, 0.2) is 0 Å². The van der Waals surface area contributed by atoms with Gasteiger partial charge in [0.2, 0.25) is 5.91 Å². The van der Waals surface area contributed by atoms with Gasteiger partial charge in [-0.15, -0.1) is 11.3 Å². The summed E-state index contributed by atoms with van der Waals surface area (Å²) in [6.45, 7) is 0.196. The van der Waals surface area contributed by atoms with Crippen LogP contribution in [0.25, 0.3) is 10.2 Å². The summed E-state index contributed by atoms with van der Waals surface area (Å²) in [5, 5.41) is 8.59. The fourth-order valence-electron chi connectivity index (χ4n) is 2.85. The van der Waals surface area contributed by atoms with Crippen molar-refractivity contribution in [1.29, 1.82) is 0 Å². The van der Waals surface area contributed by atoms with E-state index in [2.05, 4.69) is 20.9 Å². The smallest absolute Gasteiger partial charge is 0.315 e. The molecule has 6 nitrogen and oxygen atoms in total. The molecule has 0 spiro atoms. The molecule has 0 aliphatic carbocycles. The summed E-state index contributed by atoms with van der Waals surface area (Å²) in [6.07, 6.45) is 0. The number of carbonyl (C=O) groups is 2. The van der Waals surface area contributed by atoms with Crippen molar-refractivity contribution < 1.29 is 14.0 Å². The minimum Gasteiger partial charge on any atom is -0.341 e. The van der Waals surface area contributed by atoms with Crippen molar-refractivity contribution in [2.24, 2.45) is 0 Å². The van der Waals surface area contributed by atoms with E-state index in [-0.39, 0.29) is 17.5 Å². The average Bonchev–Trinajstić information content (AvgIpc) is 3.28. The summed E-state index contributed by atoms with van der Waals surface area (Å²) >= 11 is 7.36. The van der Waals surface area contributed by atoms with Crippen molar-refractivity contribution in [2.45, 2.75) is 12.1 Å². The van der Waals surface area contributed by atoms with Crippen LogP contribution in [0, 0.1) is 5.82 Å². The Morgan fingerprint density at radius 3 is 2.85 bits per heavy atom. The molecule has 1 aliphatic rings.